The zero-order valence-corrected chi connectivity index (χ0v) is 12.5. The predicted octanol–water partition coefficient (Wildman–Crippen LogP) is 2.15. The Morgan fingerprint density at radius 1 is 1.35 bits per heavy atom. The highest BCUT2D eigenvalue weighted by Gasteiger charge is 2.32. The van der Waals surface area contributed by atoms with Crippen LogP contribution in [0.2, 0.25) is 0 Å². The number of carbonyl (C=O) groups is 1. The Labute approximate surface area is 121 Å². The SMILES string of the molecule is CCC1CN(C(C(=O)O)c2ccc(C)cc2)CCN1C. The van der Waals surface area contributed by atoms with Gasteiger partial charge in [0.05, 0.1) is 0 Å². The van der Waals surface area contributed by atoms with Gasteiger partial charge >= 0.3 is 5.97 Å². The summed E-state index contributed by atoms with van der Waals surface area (Å²) in [6.45, 7) is 6.72. The van der Waals surface area contributed by atoms with E-state index in [9.17, 15) is 9.90 Å². The molecule has 110 valence electrons. The molecule has 2 rings (SSSR count). The Kier molecular flexibility index (Phi) is 4.78. The number of hydrogen-bond acceptors (Lipinski definition) is 3. The molecule has 2 atom stereocenters. The number of aryl methyl sites for hydroxylation is 1. The lowest BCUT2D eigenvalue weighted by Crippen LogP contribution is -2.53. The van der Waals surface area contributed by atoms with Gasteiger partial charge in [0, 0.05) is 25.7 Å². The van der Waals surface area contributed by atoms with E-state index in [1.165, 1.54) is 0 Å². The first-order valence-electron chi connectivity index (χ1n) is 7.26. The molecule has 0 aliphatic carbocycles. The molecule has 0 aromatic heterocycles. The van der Waals surface area contributed by atoms with Crippen LogP contribution in [0.3, 0.4) is 0 Å². The second-order valence-corrected chi connectivity index (χ2v) is 5.69. The molecule has 4 nitrogen and oxygen atoms in total. The normalized spacial score (nSPS) is 22.6. The molecule has 1 aromatic carbocycles. The summed E-state index contributed by atoms with van der Waals surface area (Å²) in [6.07, 6.45) is 1.05. The fourth-order valence-electron chi connectivity index (χ4n) is 2.90. The zero-order chi connectivity index (χ0) is 14.7. The predicted molar refractivity (Wildman–Crippen MR) is 79.8 cm³/mol. The molecule has 1 aromatic rings. The number of piperazine rings is 1. The Balaban J connectivity index is 2.21. The van der Waals surface area contributed by atoms with E-state index in [0.717, 1.165) is 37.2 Å². The first-order chi connectivity index (χ1) is 9.52. The first-order valence-corrected chi connectivity index (χ1v) is 7.26. The number of carboxylic acids is 1. The third-order valence-electron chi connectivity index (χ3n) is 4.27. The minimum atomic E-state index is -0.756. The van der Waals surface area contributed by atoms with Crippen LogP contribution in [-0.2, 0) is 4.79 Å². The van der Waals surface area contributed by atoms with Crippen molar-refractivity contribution in [2.45, 2.75) is 32.4 Å². The van der Waals surface area contributed by atoms with E-state index in [0.29, 0.717) is 6.04 Å². The van der Waals surface area contributed by atoms with Crippen LogP contribution in [0.5, 0.6) is 0 Å². The van der Waals surface area contributed by atoms with Crippen molar-refractivity contribution < 1.29 is 9.90 Å². The largest absolute Gasteiger partial charge is 0.480 e. The molecular formula is C16H24N2O2. The number of carboxylic acid groups (broad SMARTS) is 1. The molecule has 1 fully saturated rings. The van der Waals surface area contributed by atoms with E-state index in [4.69, 9.17) is 0 Å². The average Bonchev–Trinajstić information content (AvgIpc) is 2.42. The summed E-state index contributed by atoms with van der Waals surface area (Å²) in [5, 5.41) is 9.62. The highest BCUT2D eigenvalue weighted by molar-refractivity contribution is 5.75. The summed E-state index contributed by atoms with van der Waals surface area (Å²) < 4.78 is 0. The molecule has 2 unspecified atom stereocenters. The van der Waals surface area contributed by atoms with Gasteiger partial charge in [-0.3, -0.25) is 9.69 Å². The first kappa shape index (κ1) is 15.0. The van der Waals surface area contributed by atoms with Gasteiger partial charge in [-0.2, -0.15) is 0 Å². The summed E-state index contributed by atoms with van der Waals surface area (Å²) in [4.78, 5) is 16.1. The molecule has 4 heteroatoms. The highest BCUT2D eigenvalue weighted by Crippen LogP contribution is 2.25. The molecule has 0 saturated carbocycles. The van der Waals surface area contributed by atoms with Crippen LogP contribution >= 0.6 is 0 Å². The van der Waals surface area contributed by atoms with Gasteiger partial charge in [0.1, 0.15) is 6.04 Å². The smallest absolute Gasteiger partial charge is 0.325 e. The lowest BCUT2D eigenvalue weighted by atomic mass is 10.0. The Morgan fingerprint density at radius 3 is 2.55 bits per heavy atom. The van der Waals surface area contributed by atoms with Crippen molar-refractivity contribution in [2.24, 2.45) is 0 Å². The minimum Gasteiger partial charge on any atom is -0.480 e. The highest BCUT2D eigenvalue weighted by atomic mass is 16.4. The molecule has 0 amide bonds. The van der Waals surface area contributed by atoms with Crippen LogP contribution in [-0.4, -0.2) is 53.6 Å². The lowest BCUT2D eigenvalue weighted by molar-refractivity contribution is -0.144. The van der Waals surface area contributed by atoms with Gasteiger partial charge in [0.15, 0.2) is 0 Å². The molecule has 0 bridgehead atoms. The van der Waals surface area contributed by atoms with Crippen LogP contribution in [0.1, 0.15) is 30.5 Å². The maximum Gasteiger partial charge on any atom is 0.325 e. The van der Waals surface area contributed by atoms with Crippen molar-refractivity contribution in [3.8, 4) is 0 Å². The van der Waals surface area contributed by atoms with Crippen molar-refractivity contribution in [3.05, 3.63) is 35.4 Å². The standard InChI is InChI=1S/C16H24N2O2/c1-4-14-11-18(10-9-17(14)3)15(16(19)20)13-7-5-12(2)6-8-13/h5-8,14-15H,4,9-11H2,1-3H3,(H,19,20). The fraction of sp³-hybridized carbons (Fsp3) is 0.562. The number of nitrogens with zero attached hydrogens (tertiary/aromatic N) is 2. The molecule has 0 radical (unpaired) electrons. The van der Waals surface area contributed by atoms with Crippen LogP contribution in [0, 0.1) is 6.92 Å². The van der Waals surface area contributed by atoms with E-state index in [2.05, 4.69) is 23.8 Å². The summed E-state index contributed by atoms with van der Waals surface area (Å²) in [5.41, 5.74) is 2.03. The lowest BCUT2D eigenvalue weighted by Gasteiger charge is -2.41. The molecule has 1 saturated heterocycles. The van der Waals surface area contributed by atoms with Crippen molar-refractivity contribution in [1.29, 1.82) is 0 Å². The second kappa shape index (κ2) is 6.37. The summed E-state index contributed by atoms with van der Waals surface area (Å²) in [6, 6.07) is 7.76. The summed E-state index contributed by atoms with van der Waals surface area (Å²) in [7, 11) is 2.12. The Hall–Kier alpha value is -1.39. The van der Waals surface area contributed by atoms with E-state index < -0.39 is 12.0 Å². The van der Waals surface area contributed by atoms with Crippen molar-refractivity contribution >= 4 is 5.97 Å². The average molecular weight is 276 g/mol. The van der Waals surface area contributed by atoms with E-state index >= 15 is 0 Å². The van der Waals surface area contributed by atoms with Gasteiger partial charge in [-0.05, 0) is 26.0 Å². The molecule has 0 spiro atoms. The van der Waals surface area contributed by atoms with Gasteiger partial charge < -0.3 is 10.0 Å². The van der Waals surface area contributed by atoms with Crippen molar-refractivity contribution in [1.82, 2.24) is 9.80 Å². The number of rotatable bonds is 4. The maximum atomic E-state index is 11.7. The third kappa shape index (κ3) is 3.19. The molecule has 1 N–H and O–H groups in total. The second-order valence-electron chi connectivity index (χ2n) is 5.69. The van der Waals surface area contributed by atoms with Crippen LogP contribution in [0.15, 0.2) is 24.3 Å². The Bertz CT molecular complexity index is 458. The Morgan fingerprint density at radius 2 is 2.00 bits per heavy atom. The van der Waals surface area contributed by atoms with Gasteiger partial charge in [0.25, 0.3) is 0 Å². The topological polar surface area (TPSA) is 43.8 Å². The number of hydrogen-bond donors (Lipinski definition) is 1. The van der Waals surface area contributed by atoms with Crippen LogP contribution in [0.25, 0.3) is 0 Å². The molecular weight excluding hydrogens is 252 g/mol. The summed E-state index contributed by atoms with van der Waals surface area (Å²) in [5.74, 6) is -0.756. The van der Waals surface area contributed by atoms with E-state index in [1.54, 1.807) is 0 Å². The van der Waals surface area contributed by atoms with Crippen molar-refractivity contribution in [2.75, 3.05) is 26.7 Å². The van der Waals surface area contributed by atoms with E-state index in [-0.39, 0.29) is 0 Å². The monoisotopic (exact) mass is 276 g/mol. The molecule has 1 heterocycles. The minimum absolute atomic E-state index is 0.441. The van der Waals surface area contributed by atoms with Gasteiger partial charge in [-0.1, -0.05) is 36.8 Å². The fourth-order valence-corrected chi connectivity index (χ4v) is 2.90. The van der Waals surface area contributed by atoms with E-state index in [1.807, 2.05) is 31.2 Å². The van der Waals surface area contributed by atoms with Gasteiger partial charge in [0.2, 0.25) is 0 Å². The zero-order valence-electron chi connectivity index (χ0n) is 12.5. The third-order valence-corrected chi connectivity index (χ3v) is 4.27. The van der Waals surface area contributed by atoms with Crippen molar-refractivity contribution in [3.63, 3.8) is 0 Å². The number of likely N-dealkylation sites (N-methyl/N-ethyl adjacent to an activating group) is 1. The van der Waals surface area contributed by atoms with Gasteiger partial charge in [-0.15, -0.1) is 0 Å². The number of aliphatic carboxylic acids is 1. The van der Waals surface area contributed by atoms with Crippen LogP contribution in [0.4, 0.5) is 0 Å². The number of benzene rings is 1. The maximum absolute atomic E-state index is 11.7. The van der Waals surface area contributed by atoms with Crippen LogP contribution < -0.4 is 0 Å². The quantitative estimate of drug-likeness (QED) is 0.915. The molecule has 20 heavy (non-hydrogen) atoms. The molecule has 1 aliphatic heterocycles. The summed E-state index contributed by atoms with van der Waals surface area (Å²) >= 11 is 0. The molecule has 1 aliphatic rings. The van der Waals surface area contributed by atoms with Gasteiger partial charge in [-0.25, -0.2) is 0 Å².